The summed E-state index contributed by atoms with van der Waals surface area (Å²) in [6, 6.07) is 36.0. The standard InChI is InChI=1S/C54H55N3O10/c1-3-51(58)64-34-16-7-5-14-32-62-45-26-22-41(23-27-45)53(60)66-47-30-31-49(67-54(61)42-24-28-46(29-25-42)63-33-15-6-8-17-35-65-52(59)4-2)44(36-47)38-55-57(39-40-18-10-9-11-19-40)50-37-43-20-12-13-21-48(43)56-50/h3-4,9-13,18-31,36,38H,1-2,5-8,14-17,32-35,37,39H2/b55-38+. The number of amidine groups is 1. The number of para-hydroxylation sites is 1. The molecule has 346 valence electrons. The van der Waals surface area contributed by atoms with Gasteiger partial charge in [0, 0.05) is 24.1 Å². The normalized spacial score (nSPS) is 11.5. The molecule has 0 aromatic heterocycles. The number of carbonyl (C=O) groups excluding carboxylic acids is 4. The van der Waals surface area contributed by atoms with Gasteiger partial charge in [-0.15, -0.1) is 0 Å². The largest absolute Gasteiger partial charge is 0.494 e. The lowest BCUT2D eigenvalue weighted by atomic mass is 10.1. The van der Waals surface area contributed by atoms with E-state index >= 15 is 0 Å². The van der Waals surface area contributed by atoms with E-state index in [1.54, 1.807) is 72.9 Å². The molecule has 0 radical (unpaired) electrons. The van der Waals surface area contributed by atoms with E-state index in [0.29, 0.717) is 67.6 Å². The number of hydrogen-bond donors (Lipinski definition) is 0. The Bertz CT molecular complexity index is 2500. The monoisotopic (exact) mass is 905 g/mol. The summed E-state index contributed by atoms with van der Waals surface area (Å²) < 4.78 is 33.6. The average Bonchev–Trinajstić information content (AvgIpc) is 3.80. The van der Waals surface area contributed by atoms with Crippen molar-refractivity contribution in [3.63, 3.8) is 0 Å². The molecule has 13 nitrogen and oxygen atoms in total. The fourth-order valence-corrected chi connectivity index (χ4v) is 6.80. The zero-order valence-electron chi connectivity index (χ0n) is 37.5. The van der Waals surface area contributed by atoms with E-state index in [1.807, 2.05) is 59.6 Å². The molecule has 6 rings (SSSR count). The molecule has 0 saturated heterocycles. The molecule has 0 unspecified atom stereocenters. The lowest BCUT2D eigenvalue weighted by Crippen LogP contribution is -2.25. The van der Waals surface area contributed by atoms with E-state index in [1.165, 1.54) is 0 Å². The smallest absolute Gasteiger partial charge is 0.343 e. The van der Waals surface area contributed by atoms with Crippen LogP contribution in [-0.4, -0.2) is 67.4 Å². The molecule has 13 heteroatoms. The molecular weight excluding hydrogens is 851 g/mol. The minimum Gasteiger partial charge on any atom is -0.494 e. The maximum atomic E-state index is 13.6. The predicted octanol–water partition coefficient (Wildman–Crippen LogP) is 10.6. The highest BCUT2D eigenvalue weighted by Crippen LogP contribution is 2.29. The van der Waals surface area contributed by atoms with Crippen LogP contribution in [-0.2, 0) is 32.0 Å². The summed E-state index contributed by atoms with van der Waals surface area (Å²) in [7, 11) is 0. The molecule has 0 bridgehead atoms. The fourth-order valence-electron chi connectivity index (χ4n) is 6.80. The van der Waals surface area contributed by atoms with Gasteiger partial charge in [-0.2, -0.15) is 5.10 Å². The van der Waals surface area contributed by atoms with Gasteiger partial charge in [-0.25, -0.2) is 29.2 Å². The Morgan fingerprint density at radius 3 is 1.67 bits per heavy atom. The summed E-state index contributed by atoms with van der Waals surface area (Å²) in [6.07, 6.45) is 11.3. The first-order chi connectivity index (χ1) is 32.8. The maximum absolute atomic E-state index is 13.6. The Labute approximate surface area is 391 Å². The Kier molecular flexibility index (Phi) is 19.0. The first kappa shape index (κ1) is 48.7. The number of hydrogen-bond acceptors (Lipinski definition) is 13. The van der Waals surface area contributed by atoms with Crippen molar-refractivity contribution in [3.05, 3.63) is 174 Å². The number of fused-ring (bicyclic) bond motifs is 1. The van der Waals surface area contributed by atoms with Gasteiger partial charge in [0.2, 0.25) is 0 Å². The van der Waals surface area contributed by atoms with E-state index in [9.17, 15) is 19.2 Å². The highest BCUT2D eigenvalue weighted by atomic mass is 16.5. The SMILES string of the molecule is C=CC(=O)OCCCCCCOc1ccc(C(=O)Oc2ccc(OC(=O)c3ccc(OCCCCCCOC(=O)C=C)cc3)c(/C=N/N(Cc3ccccc3)C3=Nc4ccccc4C3)c2)cc1. The van der Waals surface area contributed by atoms with Gasteiger partial charge in [0.05, 0.1) is 56.0 Å². The van der Waals surface area contributed by atoms with Gasteiger partial charge in [-0.3, -0.25) is 0 Å². The molecule has 0 atom stereocenters. The van der Waals surface area contributed by atoms with Crippen LogP contribution in [0.25, 0.3) is 0 Å². The van der Waals surface area contributed by atoms with Gasteiger partial charge in [-0.1, -0.05) is 61.7 Å². The second-order valence-electron chi connectivity index (χ2n) is 15.4. The number of rotatable bonds is 26. The molecule has 0 spiro atoms. The van der Waals surface area contributed by atoms with Crippen molar-refractivity contribution >= 4 is 41.6 Å². The van der Waals surface area contributed by atoms with Crippen LogP contribution in [0.1, 0.15) is 88.8 Å². The fraction of sp³-hybridized carbons (Fsp3) is 0.259. The predicted molar refractivity (Wildman–Crippen MR) is 256 cm³/mol. The van der Waals surface area contributed by atoms with E-state index in [4.69, 9.17) is 38.5 Å². The third-order valence-corrected chi connectivity index (χ3v) is 10.4. The quantitative estimate of drug-likeness (QED) is 0.0130. The van der Waals surface area contributed by atoms with Crippen LogP contribution >= 0.6 is 0 Å². The number of nitrogens with zero attached hydrogens (tertiary/aromatic N) is 3. The Balaban J connectivity index is 1.11. The molecule has 5 aromatic carbocycles. The number of carbonyl (C=O) groups is 4. The van der Waals surface area contributed by atoms with Gasteiger partial charge < -0.3 is 28.4 Å². The molecule has 1 heterocycles. The number of aliphatic imine (C=N–C) groups is 1. The second-order valence-corrected chi connectivity index (χ2v) is 15.4. The number of ether oxygens (including phenoxy) is 6. The summed E-state index contributed by atoms with van der Waals surface area (Å²) >= 11 is 0. The first-order valence-electron chi connectivity index (χ1n) is 22.4. The van der Waals surface area contributed by atoms with Crippen molar-refractivity contribution in [1.82, 2.24) is 5.01 Å². The van der Waals surface area contributed by atoms with Gasteiger partial charge in [0.1, 0.15) is 28.8 Å². The molecule has 0 fully saturated rings. The molecule has 1 aliphatic heterocycles. The molecule has 5 aromatic rings. The van der Waals surface area contributed by atoms with E-state index < -0.39 is 23.9 Å². The topological polar surface area (TPSA) is 152 Å². The van der Waals surface area contributed by atoms with Crippen LogP contribution in [0.15, 0.2) is 157 Å². The third kappa shape index (κ3) is 16.0. The average molecular weight is 906 g/mol. The summed E-state index contributed by atoms with van der Waals surface area (Å²) in [6.45, 7) is 8.93. The van der Waals surface area contributed by atoms with Crippen molar-refractivity contribution in [2.75, 3.05) is 26.4 Å². The summed E-state index contributed by atoms with van der Waals surface area (Å²) in [4.78, 5) is 54.2. The van der Waals surface area contributed by atoms with Crippen molar-refractivity contribution < 1.29 is 47.6 Å². The molecule has 0 N–H and O–H groups in total. The Morgan fingerprint density at radius 1 is 0.582 bits per heavy atom. The number of esters is 4. The van der Waals surface area contributed by atoms with Gasteiger partial charge in [0.15, 0.2) is 0 Å². The van der Waals surface area contributed by atoms with Crippen molar-refractivity contribution in [1.29, 1.82) is 0 Å². The van der Waals surface area contributed by atoms with Crippen LogP contribution in [0.5, 0.6) is 23.0 Å². The van der Waals surface area contributed by atoms with Gasteiger partial charge in [0.25, 0.3) is 0 Å². The van der Waals surface area contributed by atoms with Crippen LogP contribution in [0.2, 0.25) is 0 Å². The van der Waals surface area contributed by atoms with Crippen molar-refractivity contribution in [2.24, 2.45) is 10.1 Å². The van der Waals surface area contributed by atoms with E-state index in [-0.39, 0.29) is 11.5 Å². The van der Waals surface area contributed by atoms with Crippen molar-refractivity contribution in [2.45, 2.75) is 64.3 Å². The molecule has 67 heavy (non-hydrogen) atoms. The summed E-state index contributed by atoms with van der Waals surface area (Å²) in [5.74, 6) is 0.356. The lowest BCUT2D eigenvalue weighted by molar-refractivity contribution is -0.138. The van der Waals surface area contributed by atoms with Crippen LogP contribution in [0.3, 0.4) is 0 Å². The second kappa shape index (κ2) is 26.2. The molecule has 0 amide bonds. The summed E-state index contributed by atoms with van der Waals surface area (Å²) in [5.41, 5.74) is 3.98. The number of unbranched alkanes of at least 4 members (excludes halogenated alkanes) is 6. The van der Waals surface area contributed by atoms with Crippen LogP contribution in [0, 0.1) is 0 Å². The number of benzene rings is 5. The zero-order chi connectivity index (χ0) is 47.1. The van der Waals surface area contributed by atoms with Gasteiger partial charge in [-0.05, 0) is 135 Å². The minimum absolute atomic E-state index is 0.196. The maximum Gasteiger partial charge on any atom is 0.343 e. The molecule has 0 aliphatic carbocycles. The highest BCUT2D eigenvalue weighted by Gasteiger charge is 2.21. The van der Waals surface area contributed by atoms with Crippen molar-refractivity contribution in [3.8, 4) is 23.0 Å². The highest BCUT2D eigenvalue weighted by molar-refractivity contribution is 5.96. The molecule has 1 aliphatic rings. The first-order valence-corrected chi connectivity index (χ1v) is 22.4. The Hall–Kier alpha value is -7.80. The zero-order valence-corrected chi connectivity index (χ0v) is 37.5. The van der Waals surface area contributed by atoms with Crippen LogP contribution in [0.4, 0.5) is 5.69 Å². The molecule has 0 saturated carbocycles. The van der Waals surface area contributed by atoms with E-state index in [0.717, 1.165) is 86.2 Å². The van der Waals surface area contributed by atoms with E-state index in [2.05, 4.69) is 13.2 Å². The summed E-state index contributed by atoms with van der Waals surface area (Å²) in [5, 5.41) is 6.70. The lowest BCUT2D eigenvalue weighted by Gasteiger charge is -2.19. The van der Waals surface area contributed by atoms with Gasteiger partial charge >= 0.3 is 23.9 Å². The minimum atomic E-state index is -0.603. The molecular formula is C54H55N3O10. The number of hydrazone groups is 1. The third-order valence-electron chi connectivity index (χ3n) is 10.4. The van der Waals surface area contributed by atoms with Crippen LogP contribution < -0.4 is 18.9 Å². The Morgan fingerprint density at radius 2 is 1.10 bits per heavy atom.